The summed E-state index contributed by atoms with van der Waals surface area (Å²) in [6.07, 6.45) is 0.321. The summed E-state index contributed by atoms with van der Waals surface area (Å²) in [5.41, 5.74) is 0.715. The minimum absolute atomic E-state index is 0.129. The molecule has 2 heterocycles. The lowest BCUT2D eigenvalue weighted by molar-refractivity contribution is -0.127. The van der Waals surface area contributed by atoms with E-state index in [1.807, 2.05) is 24.4 Å². The molecule has 24 heavy (non-hydrogen) atoms. The predicted octanol–water partition coefficient (Wildman–Crippen LogP) is 3.07. The highest BCUT2D eigenvalue weighted by Crippen LogP contribution is 2.28. The average Bonchev–Trinajstić information content (AvgIpc) is 3.08. The molecule has 3 rings (SSSR count). The Morgan fingerprint density at radius 2 is 2.33 bits per heavy atom. The Bertz CT molecular complexity index is 704. The molecule has 0 saturated carbocycles. The third-order valence-electron chi connectivity index (χ3n) is 4.14. The highest BCUT2D eigenvalue weighted by atomic mass is 32.1. The Balaban J connectivity index is 1.55. The number of carbonyl (C=O) groups is 1. The second-order valence-electron chi connectivity index (χ2n) is 6.14. The standard InChI is InChI=1S/C18H20FNO3S/c1-11(7-15(21)17-3-2-6-24-17)20-18(22)13-8-12-9-14(19)4-5-16(12)23-10-13/h2-6,9,11,13,15,21H,7-8,10H2,1H3,(H,20,22). The van der Waals surface area contributed by atoms with E-state index in [0.29, 0.717) is 24.2 Å². The van der Waals surface area contributed by atoms with Crippen LogP contribution in [0, 0.1) is 11.7 Å². The van der Waals surface area contributed by atoms with Gasteiger partial charge in [0, 0.05) is 10.9 Å². The SMILES string of the molecule is CC(CC(O)c1cccs1)NC(=O)C1COc2ccc(F)cc2C1. The molecule has 3 atom stereocenters. The molecule has 1 aliphatic rings. The van der Waals surface area contributed by atoms with Gasteiger partial charge in [0.25, 0.3) is 0 Å². The summed E-state index contributed by atoms with van der Waals surface area (Å²) in [7, 11) is 0. The van der Waals surface area contributed by atoms with Crippen LogP contribution in [0.5, 0.6) is 5.75 Å². The van der Waals surface area contributed by atoms with E-state index in [-0.39, 0.29) is 30.3 Å². The zero-order chi connectivity index (χ0) is 17.1. The summed E-state index contributed by atoms with van der Waals surface area (Å²) in [6.45, 7) is 2.15. The highest BCUT2D eigenvalue weighted by molar-refractivity contribution is 7.10. The number of aliphatic hydroxyl groups excluding tert-OH is 1. The first-order valence-corrected chi connectivity index (χ1v) is 8.84. The van der Waals surface area contributed by atoms with Gasteiger partial charge in [0.2, 0.25) is 5.91 Å². The molecule has 1 aromatic heterocycles. The van der Waals surface area contributed by atoms with Crippen LogP contribution < -0.4 is 10.1 Å². The number of benzene rings is 1. The second-order valence-corrected chi connectivity index (χ2v) is 7.12. The van der Waals surface area contributed by atoms with Crippen LogP contribution in [0.1, 0.15) is 29.9 Å². The Morgan fingerprint density at radius 1 is 1.50 bits per heavy atom. The molecule has 128 valence electrons. The monoisotopic (exact) mass is 349 g/mol. The van der Waals surface area contributed by atoms with E-state index in [9.17, 15) is 14.3 Å². The lowest BCUT2D eigenvalue weighted by Crippen LogP contribution is -2.42. The molecule has 0 spiro atoms. The maximum absolute atomic E-state index is 13.3. The number of fused-ring (bicyclic) bond motifs is 1. The van der Waals surface area contributed by atoms with Crippen molar-refractivity contribution in [3.05, 3.63) is 52.0 Å². The largest absolute Gasteiger partial charge is 0.492 e. The number of amides is 1. The van der Waals surface area contributed by atoms with Gasteiger partial charge < -0.3 is 15.2 Å². The summed E-state index contributed by atoms with van der Waals surface area (Å²) in [4.78, 5) is 13.3. The van der Waals surface area contributed by atoms with Crippen LogP contribution in [0.4, 0.5) is 4.39 Å². The van der Waals surface area contributed by atoms with E-state index in [1.165, 1.54) is 23.5 Å². The molecule has 2 aromatic rings. The molecule has 4 nitrogen and oxygen atoms in total. The van der Waals surface area contributed by atoms with Crippen LogP contribution in [0.3, 0.4) is 0 Å². The number of hydrogen-bond acceptors (Lipinski definition) is 4. The van der Waals surface area contributed by atoms with Crippen LogP contribution in [-0.2, 0) is 11.2 Å². The summed E-state index contributed by atoms with van der Waals surface area (Å²) in [6, 6.07) is 7.97. The molecule has 0 saturated heterocycles. The van der Waals surface area contributed by atoms with Crippen molar-refractivity contribution in [1.82, 2.24) is 5.32 Å². The molecule has 2 N–H and O–H groups in total. The van der Waals surface area contributed by atoms with E-state index in [1.54, 1.807) is 6.07 Å². The minimum atomic E-state index is -0.585. The number of ether oxygens (including phenoxy) is 1. The Hall–Kier alpha value is -1.92. The van der Waals surface area contributed by atoms with Gasteiger partial charge in [-0.3, -0.25) is 4.79 Å². The molecular weight excluding hydrogens is 329 g/mol. The topological polar surface area (TPSA) is 58.6 Å². The zero-order valence-corrected chi connectivity index (χ0v) is 14.2. The Kier molecular flexibility index (Phi) is 5.16. The van der Waals surface area contributed by atoms with Crippen molar-refractivity contribution in [3.63, 3.8) is 0 Å². The van der Waals surface area contributed by atoms with Gasteiger partial charge in [0.05, 0.1) is 12.0 Å². The zero-order valence-electron chi connectivity index (χ0n) is 13.4. The van der Waals surface area contributed by atoms with E-state index < -0.39 is 6.10 Å². The van der Waals surface area contributed by atoms with Gasteiger partial charge in [-0.05, 0) is 55.0 Å². The molecule has 1 aliphatic heterocycles. The van der Waals surface area contributed by atoms with Crippen molar-refractivity contribution < 1.29 is 19.0 Å². The van der Waals surface area contributed by atoms with Crippen LogP contribution in [0.2, 0.25) is 0 Å². The van der Waals surface area contributed by atoms with E-state index in [2.05, 4.69) is 5.32 Å². The number of nitrogens with one attached hydrogen (secondary N) is 1. The van der Waals surface area contributed by atoms with Gasteiger partial charge in [-0.1, -0.05) is 6.07 Å². The molecular formula is C18H20FNO3S. The lowest BCUT2D eigenvalue weighted by Gasteiger charge is -2.26. The van der Waals surface area contributed by atoms with Gasteiger partial charge in [-0.25, -0.2) is 4.39 Å². The molecule has 0 bridgehead atoms. The fourth-order valence-corrected chi connectivity index (χ4v) is 3.61. The molecule has 3 unspecified atom stereocenters. The van der Waals surface area contributed by atoms with Crippen molar-refractivity contribution in [2.45, 2.75) is 31.9 Å². The van der Waals surface area contributed by atoms with E-state index >= 15 is 0 Å². The van der Waals surface area contributed by atoms with Gasteiger partial charge in [0.1, 0.15) is 18.2 Å². The van der Waals surface area contributed by atoms with E-state index in [0.717, 1.165) is 4.88 Å². The Morgan fingerprint density at radius 3 is 3.08 bits per heavy atom. The summed E-state index contributed by atoms with van der Waals surface area (Å²) >= 11 is 1.50. The normalized spacial score (nSPS) is 19.0. The lowest BCUT2D eigenvalue weighted by atomic mass is 9.95. The second kappa shape index (κ2) is 7.32. The third kappa shape index (κ3) is 3.94. The fraction of sp³-hybridized carbons (Fsp3) is 0.389. The number of rotatable bonds is 5. The summed E-state index contributed by atoms with van der Waals surface area (Å²) < 4.78 is 18.9. The molecule has 0 aliphatic carbocycles. The number of thiophene rings is 1. The first-order chi connectivity index (χ1) is 11.5. The average molecular weight is 349 g/mol. The smallest absolute Gasteiger partial charge is 0.227 e. The minimum Gasteiger partial charge on any atom is -0.492 e. The fourth-order valence-electron chi connectivity index (χ4n) is 2.88. The highest BCUT2D eigenvalue weighted by Gasteiger charge is 2.27. The first-order valence-electron chi connectivity index (χ1n) is 7.96. The van der Waals surface area contributed by atoms with Crippen LogP contribution in [-0.4, -0.2) is 23.7 Å². The van der Waals surface area contributed by atoms with Crippen LogP contribution in [0.25, 0.3) is 0 Å². The number of carbonyl (C=O) groups excluding carboxylic acids is 1. The van der Waals surface area contributed by atoms with Gasteiger partial charge in [0.15, 0.2) is 0 Å². The van der Waals surface area contributed by atoms with Crippen molar-refractivity contribution in [3.8, 4) is 5.75 Å². The molecule has 1 aromatic carbocycles. The maximum Gasteiger partial charge on any atom is 0.227 e. The van der Waals surface area contributed by atoms with Crippen molar-refractivity contribution in [2.75, 3.05) is 6.61 Å². The van der Waals surface area contributed by atoms with Gasteiger partial charge in [-0.15, -0.1) is 11.3 Å². The number of aliphatic hydroxyl groups is 1. The molecule has 6 heteroatoms. The number of halogens is 1. The van der Waals surface area contributed by atoms with E-state index in [4.69, 9.17) is 4.74 Å². The number of hydrogen-bond donors (Lipinski definition) is 2. The van der Waals surface area contributed by atoms with Gasteiger partial charge in [-0.2, -0.15) is 0 Å². The molecule has 0 fully saturated rings. The van der Waals surface area contributed by atoms with Crippen molar-refractivity contribution in [2.24, 2.45) is 5.92 Å². The van der Waals surface area contributed by atoms with Crippen molar-refractivity contribution in [1.29, 1.82) is 0 Å². The van der Waals surface area contributed by atoms with Crippen molar-refractivity contribution >= 4 is 17.2 Å². The third-order valence-corrected chi connectivity index (χ3v) is 5.11. The quantitative estimate of drug-likeness (QED) is 0.872. The summed E-state index contributed by atoms with van der Waals surface area (Å²) in [5.74, 6) is -0.163. The first kappa shape index (κ1) is 16.9. The molecule has 1 amide bonds. The van der Waals surface area contributed by atoms with Crippen LogP contribution >= 0.6 is 11.3 Å². The molecule has 0 radical (unpaired) electrons. The summed E-state index contributed by atoms with van der Waals surface area (Å²) in [5, 5.41) is 15.0. The predicted molar refractivity (Wildman–Crippen MR) is 90.6 cm³/mol. The van der Waals surface area contributed by atoms with Crippen LogP contribution in [0.15, 0.2) is 35.7 Å². The maximum atomic E-state index is 13.3. The Labute approximate surface area is 144 Å². The van der Waals surface area contributed by atoms with Gasteiger partial charge >= 0.3 is 0 Å².